The van der Waals surface area contributed by atoms with Crippen molar-refractivity contribution in [3.8, 4) is 22.9 Å². The maximum Gasteiger partial charge on any atom is 0.317 e. The lowest BCUT2D eigenvalue weighted by Gasteiger charge is -2.11. The van der Waals surface area contributed by atoms with Crippen LogP contribution in [0.25, 0.3) is 17.0 Å². The summed E-state index contributed by atoms with van der Waals surface area (Å²) >= 11 is 1.24. The van der Waals surface area contributed by atoms with Crippen LogP contribution in [0.3, 0.4) is 0 Å². The van der Waals surface area contributed by atoms with Crippen molar-refractivity contribution in [3.05, 3.63) is 30.3 Å². The van der Waals surface area contributed by atoms with Crippen molar-refractivity contribution < 1.29 is 19.4 Å². The Kier molecular flexibility index (Phi) is 6.35. The number of aromatic nitrogens is 4. The smallest absolute Gasteiger partial charge is 0.317 e. The number of aliphatic carboxylic acids is 1. The summed E-state index contributed by atoms with van der Waals surface area (Å²) < 4.78 is 12.2. The van der Waals surface area contributed by atoms with Crippen LogP contribution in [0.2, 0.25) is 0 Å². The molecule has 2 heterocycles. The zero-order valence-corrected chi connectivity index (χ0v) is 16.8. The quantitative estimate of drug-likeness (QED) is 0.543. The van der Waals surface area contributed by atoms with Crippen molar-refractivity contribution >= 4 is 23.4 Å². The van der Waals surface area contributed by atoms with E-state index in [1.807, 2.05) is 13.0 Å². The van der Waals surface area contributed by atoms with Gasteiger partial charge >= 0.3 is 5.97 Å². The molecular weight excluding hydrogens is 380 g/mol. The topological polar surface area (TPSA) is 98.8 Å². The van der Waals surface area contributed by atoms with Crippen LogP contribution in [-0.2, 0) is 4.79 Å². The number of carboxylic acid groups (broad SMARTS) is 1. The van der Waals surface area contributed by atoms with Crippen LogP contribution in [0.5, 0.6) is 11.5 Å². The molecule has 0 saturated heterocycles. The Hall–Kier alpha value is -2.81. The first-order valence-corrected chi connectivity index (χ1v) is 9.79. The SMILES string of the molecule is CCCC[C@H](Sc1ccc2nnc(-c3ccc(OC)c(OC)c3)n2n1)C(=O)O. The van der Waals surface area contributed by atoms with Crippen LogP contribution in [0, 0.1) is 0 Å². The van der Waals surface area contributed by atoms with Gasteiger partial charge in [-0.2, -0.15) is 9.61 Å². The molecule has 0 saturated carbocycles. The fourth-order valence-electron chi connectivity index (χ4n) is 2.76. The van der Waals surface area contributed by atoms with Gasteiger partial charge in [0, 0.05) is 5.56 Å². The van der Waals surface area contributed by atoms with Crippen molar-refractivity contribution in [1.29, 1.82) is 0 Å². The molecule has 9 heteroatoms. The molecule has 3 rings (SSSR count). The Labute approximate surface area is 166 Å². The Bertz CT molecular complexity index is 976. The summed E-state index contributed by atoms with van der Waals surface area (Å²) in [6.07, 6.45) is 2.41. The summed E-state index contributed by atoms with van der Waals surface area (Å²) in [5.74, 6) is 0.903. The average Bonchev–Trinajstić information content (AvgIpc) is 3.13. The predicted octanol–water partition coefficient (Wildman–Crippen LogP) is 3.54. The van der Waals surface area contributed by atoms with E-state index in [4.69, 9.17) is 9.47 Å². The molecule has 1 atom stereocenters. The van der Waals surface area contributed by atoms with E-state index in [-0.39, 0.29) is 0 Å². The summed E-state index contributed by atoms with van der Waals surface area (Å²) in [5.41, 5.74) is 1.34. The molecule has 3 aromatic rings. The van der Waals surface area contributed by atoms with Gasteiger partial charge in [-0.1, -0.05) is 31.5 Å². The number of unbranched alkanes of at least 4 members (excludes halogenated alkanes) is 1. The molecule has 1 aromatic carbocycles. The van der Waals surface area contributed by atoms with Gasteiger partial charge in [-0.05, 0) is 36.8 Å². The molecular formula is C19H22N4O4S. The zero-order valence-electron chi connectivity index (χ0n) is 16.0. The molecule has 0 bridgehead atoms. The van der Waals surface area contributed by atoms with Gasteiger partial charge in [0.05, 0.1) is 14.2 Å². The number of ether oxygens (including phenoxy) is 2. The van der Waals surface area contributed by atoms with Crippen molar-refractivity contribution in [2.75, 3.05) is 14.2 Å². The van der Waals surface area contributed by atoms with E-state index in [9.17, 15) is 9.90 Å². The first-order chi connectivity index (χ1) is 13.6. The molecule has 0 aliphatic carbocycles. The fraction of sp³-hybridized carbons (Fsp3) is 0.368. The number of methoxy groups -OCH3 is 2. The van der Waals surface area contributed by atoms with E-state index in [1.165, 1.54) is 11.8 Å². The van der Waals surface area contributed by atoms with Gasteiger partial charge in [0.15, 0.2) is 23.0 Å². The van der Waals surface area contributed by atoms with Crippen LogP contribution < -0.4 is 9.47 Å². The first kappa shape index (κ1) is 19.9. The molecule has 0 spiro atoms. The maximum absolute atomic E-state index is 11.5. The molecule has 0 amide bonds. The van der Waals surface area contributed by atoms with E-state index < -0.39 is 11.2 Å². The number of carboxylic acids is 1. The lowest BCUT2D eigenvalue weighted by Crippen LogP contribution is -2.16. The number of rotatable bonds is 9. The lowest BCUT2D eigenvalue weighted by atomic mass is 10.2. The minimum absolute atomic E-state index is 0.536. The summed E-state index contributed by atoms with van der Waals surface area (Å²) in [5, 5.41) is 22.5. The highest BCUT2D eigenvalue weighted by Gasteiger charge is 2.20. The van der Waals surface area contributed by atoms with Gasteiger partial charge < -0.3 is 14.6 Å². The first-order valence-electron chi connectivity index (χ1n) is 8.91. The van der Waals surface area contributed by atoms with Gasteiger partial charge in [-0.15, -0.1) is 10.2 Å². The van der Waals surface area contributed by atoms with Crippen LogP contribution in [0.4, 0.5) is 0 Å². The van der Waals surface area contributed by atoms with E-state index >= 15 is 0 Å². The molecule has 8 nitrogen and oxygen atoms in total. The maximum atomic E-state index is 11.5. The highest BCUT2D eigenvalue weighted by Crippen LogP contribution is 2.32. The highest BCUT2D eigenvalue weighted by atomic mass is 32.2. The Balaban J connectivity index is 1.95. The van der Waals surface area contributed by atoms with Crippen LogP contribution in [0.1, 0.15) is 26.2 Å². The third-order valence-corrected chi connectivity index (χ3v) is 5.42. The standard InChI is InChI=1S/C19H22N4O4S/c1-4-5-6-15(19(24)25)28-17-10-9-16-20-21-18(23(16)22-17)12-7-8-13(26-2)14(11-12)27-3/h7-11,15H,4-6H2,1-3H3,(H,24,25)/t15-/m0/s1. The van der Waals surface area contributed by atoms with Gasteiger partial charge in [0.25, 0.3) is 0 Å². The second-order valence-electron chi connectivity index (χ2n) is 6.12. The predicted molar refractivity (Wildman–Crippen MR) is 106 cm³/mol. The highest BCUT2D eigenvalue weighted by molar-refractivity contribution is 8.00. The molecule has 1 N–H and O–H groups in total. The third kappa shape index (κ3) is 4.19. The fourth-order valence-corrected chi connectivity index (χ4v) is 3.71. The second-order valence-corrected chi connectivity index (χ2v) is 7.34. The zero-order chi connectivity index (χ0) is 20.1. The minimum atomic E-state index is -0.829. The van der Waals surface area contributed by atoms with Crippen LogP contribution >= 0.6 is 11.8 Å². The lowest BCUT2D eigenvalue weighted by molar-refractivity contribution is -0.136. The molecule has 0 fully saturated rings. The van der Waals surface area contributed by atoms with Gasteiger partial charge in [0.1, 0.15) is 10.3 Å². The summed E-state index contributed by atoms with van der Waals surface area (Å²) in [6, 6.07) is 9.00. The van der Waals surface area contributed by atoms with Crippen molar-refractivity contribution in [2.24, 2.45) is 0 Å². The number of nitrogens with zero attached hydrogens (tertiary/aromatic N) is 4. The van der Waals surface area contributed by atoms with Crippen LogP contribution in [0.15, 0.2) is 35.4 Å². The van der Waals surface area contributed by atoms with E-state index in [1.54, 1.807) is 43.0 Å². The third-order valence-electron chi connectivity index (χ3n) is 4.24. The number of fused-ring (bicyclic) bond motifs is 1. The minimum Gasteiger partial charge on any atom is -0.493 e. The Morgan fingerprint density at radius 3 is 2.64 bits per heavy atom. The Morgan fingerprint density at radius 1 is 1.18 bits per heavy atom. The number of hydrogen-bond donors (Lipinski definition) is 1. The van der Waals surface area contributed by atoms with Crippen molar-refractivity contribution in [1.82, 2.24) is 19.8 Å². The normalized spacial score (nSPS) is 12.1. The van der Waals surface area contributed by atoms with Gasteiger partial charge in [-0.3, -0.25) is 4.79 Å². The number of hydrogen-bond acceptors (Lipinski definition) is 7. The summed E-state index contributed by atoms with van der Waals surface area (Å²) in [7, 11) is 3.14. The van der Waals surface area contributed by atoms with E-state index in [2.05, 4.69) is 15.3 Å². The molecule has 148 valence electrons. The Morgan fingerprint density at radius 2 is 1.96 bits per heavy atom. The molecule has 28 heavy (non-hydrogen) atoms. The molecule has 0 aliphatic heterocycles. The number of carbonyl (C=O) groups is 1. The van der Waals surface area contributed by atoms with E-state index in [0.29, 0.717) is 34.4 Å². The molecule has 2 aromatic heterocycles. The number of benzene rings is 1. The van der Waals surface area contributed by atoms with E-state index in [0.717, 1.165) is 18.4 Å². The van der Waals surface area contributed by atoms with Gasteiger partial charge in [-0.25, -0.2) is 0 Å². The average molecular weight is 402 g/mol. The second kappa shape index (κ2) is 8.92. The molecule has 0 aliphatic rings. The monoisotopic (exact) mass is 402 g/mol. The molecule has 0 radical (unpaired) electrons. The van der Waals surface area contributed by atoms with Gasteiger partial charge in [0.2, 0.25) is 0 Å². The van der Waals surface area contributed by atoms with Crippen molar-refractivity contribution in [3.63, 3.8) is 0 Å². The van der Waals surface area contributed by atoms with Crippen molar-refractivity contribution in [2.45, 2.75) is 36.5 Å². The summed E-state index contributed by atoms with van der Waals surface area (Å²) in [6.45, 7) is 2.04. The largest absolute Gasteiger partial charge is 0.493 e. The number of thioether (sulfide) groups is 1. The summed E-state index contributed by atoms with van der Waals surface area (Å²) in [4.78, 5) is 11.5. The molecule has 0 unspecified atom stereocenters. The van der Waals surface area contributed by atoms with Crippen LogP contribution in [-0.4, -0.2) is 50.4 Å².